The van der Waals surface area contributed by atoms with Crippen molar-refractivity contribution in [1.82, 2.24) is 0 Å². The molecule has 0 saturated carbocycles. The third-order valence-corrected chi connectivity index (χ3v) is 4.45. The van der Waals surface area contributed by atoms with Crippen molar-refractivity contribution in [2.45, 2.75) is 4.90 Å². The molecule has 0 aliphatic rings. The molecule has 0 saturated heterocycles. The van der Waals surface area contributed by atoms with Crippen LogP contribution in [0, 0.1) is 9.39 Å². The first-order valence-electron chi connectivity index (χ1n) is 2.45. The Bertz CT molecular complexity index is 237. The minimum atomic E-state index is -0.248. The Morgan fingerprint density at radius 2 is 2.10 bits per heavy atom. The highest BCUT2D eigenvalue weighted by Crippen LogP contribution is 2.27. The lowest BCUT2D eigenvalue weighted by Crippen LogP contribution is -1.82. The molecule has 1 aromatic carbocycles. The smallest absolute Gasteiger partial charge is 0.138 e. The maximum Gasteiger partial charge on any atom is 0.138 e. The molecule has 0 unspecified atom stereocenters. The minimum Gasteiger partial charge on any atom is -0.206 e. The van der Waals surface area contributed by atoms with Crippen LogP contribution in [0.4, 0.5) is 4.39 Å². The van der Waals surface area contributed by atoms with Gasteiger partial charge in [0.2, 0.25) is 0 Å². The van der Waals surface area contributed by atoms with E-state index in [1.54, 1.807) is 6.07 Å². The van der Waals surface area contributed by atoms with Crippen molar-refractivity contribution in [3.63, 3.8) is 0 Å². The molecule has 0 spiro atoms. The Balaban J connectivity index is 3.34. The summed E-state index contributed by atoms with van der Waals surface area (Å²) < 4.78 is 14.0. The van der Waals surface area contributed by atoms with Gasteiger partial charge < -0.3 is 0 Å². The molecule has 0 nitrogen and oxygen atoms in total. The first-order chi connectivity index (χ1) is 4.63. The van der Waals surface area contributed by atoms with E-state index in [9.17, 15) is 4.39 Å². The molecule has 0 radical (unpaired) electrons. The first kappa shape index (κ1) is 8.80. The van der Waals surface area contributed by atoms with Crippen LogP contribution in [0.5, 0.6) is 0 Å². The van der Waals surface area contributed by atoms with Crippen molar-refractivity contribution in [3.05, 3.63) is 26.0 Å². The number of hydrogen-bond donors (Lipinski definition) is 1. The van der Waals surface area contributed by atoms with E-state index < -0.39 is 0 Å². The van der Waals surface area contributed by atoms with Gasteiger partial charge in [-0.15, -0.1) is 12.6 Å². The molecule has 0 N–H and O–H groups in total. The van der Waals surface area contributed by atoms with Crippen LogP contribution >= 0.6 is 51.1 Å². The van der Waals surface area contributed by atoms with E-state index in [1.807, 2.05) is 22.6 Å². The third-order valence-electron chi connectivity index (χ3n) is 1.01. The minimum absolute atomic E-state index is 0.248. The molecular weight excluding hydrogens is 330 g/mol. The maximum atomic E-state index is 12.7. The van der Waals surface area contributed by atoms with Crippen molar-refractivity contribution >= 4 is 51.1 Å². The lowest BCUT2D eigenvalue weighted by atomic mass is 10.3. The standard InChI is InChI=1S/C6H3BrFIS/c7-5-3(8)1-2-4(10)6(5)9/h1-2,10H. The zero-order valence-electron chi connectivity index (χ0n) is 4.74. The lowest BCUT2D eigenvalue weighted by molar-refractivity contribution is 0.618. The number of benzene rings is 1. The summed E-state index contributed by atoms with van der Waals surface area (Å²) in [5.41, 5.74) is 0. The second-order valence-electron chi connectivity index (χ2n) is 1.69. The number of rotatable bonds is 0. The molecule has 1 rings (SSSR count). The fourth-order valence-electron chi connectivity index (χ4n) is 0.516. The Kier molecular flexibility index (Phi) is 3.00. The van der Waals surface area contributed by atoms with Gasteiger partial charge >= 0.3 is 0 Å². The summed E-state index contributed by atoms with van der Waals surface area (Å²) in [5.74, 6) is -0.248. The van der Waals surface area contributed by atoms with E-state index in [1.165, 1.54) is 6.07 Å². The summed E-state index contributed by atoms with van der Waals surface area (Å²) in [6.07, 6.45) is 0. The fourth-order valence-corrected chi connectivity index (χ4v) is 1.64. The zero-order chi connectivity index (χ0) is 7.72. The highest BCUT2D eigenvalue weighted by atomic mass is 127. The summed E-state index contributed by atoms with van der Waals surface area (Å²) in [6, 6.07) is 3.01. The Hall–Kier alpha value is 0.710. The van der Waals surface area contributed by atoms with Crippen LogP contribution < -0.4 is 0 Å². The second-order valence-corrected chi connectivity index (χ2v) is 4.05. The number of halogens is 3. The van der Waals surface area contributed by atoms with E-state index in [0.29, 0.717) is 4.47 Å². The predicted molar refractivity (Wildman–Crippen MR) is 54.1 cm³/mol. The average Bonchev–Trinajstić information content (AvgIpc) is 1.93. The second kappa shape index (κ2) is 3.40. The first-order valence-corrected chi connectivity index (χ1v) is 4.77. The highest BCUT2D eigenvalue weighted by Gasteiger charge is 2.04. The van der Waals surface area contributed by atoms with Gasteiger partial charge in [-0.05, 0) is 50.7 Å². The lowest BCUT2D eigenvalue weighted by Gasteiger charge is -1.99. The monoisotopic (exact) mass is 332 g/mol. The van der Waals surface area contributed by atoms with E-state index in [-0.39, 0.29) is 5.82 Å². The van der Waals surface area contributed by atoms with Gasteiger partial charge in [0.15, 0.2) is 0 Å². The molecule has 0 fully saturated rings. The van der Waals surface area contributed by atoms with Crippen molar-refractivity contribution in [1.29, 1.82) is 0 Å². The van der Waals surface area contributed by atoms with Gasteiger partial charge in [-0.1, -0.05) is 0 Å². The SMILES string of the molecule is Fc1ccc(S)c(I)c1Br. The molecule has 10 heavy (non-hydrogen) atoms. The van der Waals surface area contributed by atoms with Gasteiger partial charge in [0.1, 0.15) is 5.82 Å². The Morgan fingerprint density at radius 1 is 1.50 bits per heavy atom. The van der Waals surface area contributed by atoms with Crippen LogP contribution in [0.15, 0.2) is 21.5 Å². The Morgan fingerprint density at radius 3 is 2.60 bits per heavy atom. The van der Waals surface area contributed by atoms with Crippen LogP contribution in [0.1, 0.15) is 0 Å². The van der Waals surface area contributed by atoms with E-state index >= 15 is 0 Å². The van der Waals surface area contributed by atoms with Crippen molar-refractivity contribution in [2.24, 2.45) is 0 Å². The molecular formula is C6H3BrFIS. The topological polar surface area (TPSA) is 0 Å². The Labute approximate surface area is 85.9 Å². The molecule has 4 heteroatoms. The normalized spacial score (nSPS) is 10.0. The molecule has 0 bridgehead atoms. The number of thiol groups is 1. The largest absolute Gasteiger partial charge is 0.206 e. The van der Waals surface area contributed by atoms with Crippen LogP contribution in [-0.4, -0.2) is 0 Å². The van der Waals surface area contributed by atoms with Crippen molar-refractivity contribution < 1.29 is 4.39 Å². The van der Waals surface area contributed by atoms with E-state index in [4.69, 9.17) is 0 Å². The molecule has 0 aliphatic carbocycles. The van der Waals surface area contributed by atoms with Crippen molar-refractivity contribution in [2.75, 3.05) is 0 Å². The summed E-state index contributed by atoms with van der Waals surface area (Å²) in [6.45, 7) is 0. The molecule has 0 aromatic heterocycles. The van der Waals surface area contributed by atoms with Gasteiger partial charge in [0, 0.05) is 8.47 Å². The molecule has 54 valence electrons. The van der Waals surface area contributed by atoms with Gasteiger partial charge in [0.05, 0.1) is 4.47 Å². The van der Waals surface area contributed by atoms with Crippen molar-refractivity contribution in [3.8, 4) is 0 Å². The fraction of sp³-hybridized carbons (Fsp3) is 0. The molecule has 0 aliphatic heterocycles. The molecule has 0 atom stereocenters. The quantitative estimate of drug-likeness (QED) is 0.420. The zero-order valence-corrected chi connectivity index (χ0v) is 9.37. The molecule has 0 heterocycles. The van der Waals surface area contributed by atoms with E-state index in [2.05, 4.69) is 28.6 Å². The highest BCUT2D eigenvalue weighted by molar-refractivity contribution is 14.1. The van der Waals surface area contributed by atoms with Crippen LogP contribution in [0.3, 0.4) is 0 Å². The van der Waals surface area contributed by atoms with E-state index in [0.717, 1.165) is 8.47 Å². The van der Waals surface area contributed by atoms with Crippen LogP contribution in [0.2, 0.25) is 0 Å². The summed E-state index contributed by atoms with van der Waals surface area (Å²) >= 11 is 9.24. The third kappa shape index (κ3) is 1.65. The van der Waals surface area contributed by atoms with Gasteiger partial charge in [-0.2, -0.15) is 0 Å². The molecule has 1 aromatic rings. The number of hydrogen-bond acceptors (Lipinski definition) is 1. The maximum absolute atomic E-state index is 12.7. The summed E-state index contributed by atoms with van der Waals surface area (Å²) in [7, 11) is 0. The van der Waals surface area contributed by atoms with Crippen LogP contribution in [-0.2, 0) is 0 Å². The molecule has 0 amide bonds. The van der Waals surface area contributed by atoms with Gasteiger partial charge in [-0.25, -0.2) is 4.39 Å². The van der Waals surface area contributed by atoms with Gasteiger partial charge in [-0.3, -0.25) is 0 Å². The van der Waals surface area contributed by atoms with Crippen LogP contribution in [0.25, 0.3) is 0 Å². The predicted octanol–water partition coefficient (Wildman–Crippen LogP) is 3.48. The summed E-state index contributed by atoms with van der Waals surface area (Å²) in [4.78, 5) is 0.786. The van der Waals surface area contributed by atoms with Gasteiger partial charge in [0.25, 0.3) is 0 Å². The average molecular weight is 333 g/mol. The summed E-state index contributed by atoms with van der Waals surface area (Å²) in [5, 5.41) is 0.